The minimum absolute atomic E-state index is 0.0337. The molecule has 6 rings (SSSR count). The molecule has 0 unspecified atom stereocenters. The van der Waals surface area contributed by atoms with Crippen molar-refractivity contribution in [3.8, 4) is 22.3 Å². The average molecular weight is 450 g/mol. The van der Waals surface area contributed by atoms with E-state index in [9.17, 15) is 0 Å². The van der Waals surface area contributed by atoms with Crippen molar-refractivity contribution in [1.82, 2.24) is 0 Å². The molecule has 0 N–H and O–H groups in total. The molecule has 26 heavy (non-hydrogen) atoms. The van der Waals surface area contributed by atoms with Crippen LogP contribution in [0.4, 0.5) is 0 Å². The van der Waals surface area contributed by atoms with E-state index >= 15 is 0 Å². The van der Waals surface area contributed by atoms with Gasteiger partial charge < -0.3 is 0 Å². The quantitative estimate of drug-likeness (QED) is 0.313. The van der Waals surface area contributed by atoms with Crippen LogP contribution in [-0.4, -0.2) is 30.9 Å². The number of hydrogen-bond donors (Lipinski definition) is 0. The maximum absolute atomic E-state index is 2.27. The van der Waals surface area contributed by atoms with Crippen LogP contribution in [0.3, 0.4) is 0 Å². The van der Waals surface area contributed by atoms with Gasteiger partial charge in [-0.2, -0.15) is 0 Å². The van der Waals surface area contributed by atoms with Crippen molar-refractivity contribution in [3.05, 3.63) is 97.1 Å². The van der Waals surface area contributed by atoms with Crippen LogP contribution in [0.25, 0.3) is 22.3 Å². The summed E-state index contributed by atoms with van der Waals surface area (Å²) in [4.78, 5) is 0. The van der Waals surface area contributed by atoms with Crippen LogP contribution in [0.1, 0.15) is 0 Å². The van der Waals surface area contributed by atoms with E-state index in [1.165, 1.54) is 22.3 Å². The van der Waals surface area contributed by atoms with Gasteiger partial charge in [0.05, 0.1) is 0 Å². The Morgan fingerprint density at radius 1 is 0.308 bits per heavy atom. The summed E-state index contributed by atoms with van der Waals surface area (Å²) in [5.74, 6) is 0. The summed E-state index contributed by atoms with van der Waals surface area (Å²) in [6.45, 7) is 0. The summed E-state index contributed by atoms with van der Waals surface area (Å²) >= 11 is -0.0674. The fourth-order valence-electron chi connectivity index (χ4n) is 3.60. The maximum atomic E-state index is 2.27. The third-order valence-corrected chi connectivity index (χ3v) is 10.7. The number of benzene rings is 4. The molecule has 120 valence electrons. The minimum atomic E-state index is -0.0337. The number of fused-ring (bicyclic) bond motifs is 6. The molecule has 0 fully saturated rings. The molecule has 0 amide bonds. The van der Waals surface area contributed by atoms with Crippen LogP contribution in [0.5, 0.6) is 0 Å². The van der Waals surface area contributed by atoms with Gasteiger partial charge in [0.25, 0.3) is 0 Å². The van der Waals surface area contributed by atoms with Crippen LogP contribution in [0, 0.1) is 0 Å². The van der Waals surface area contributed by atoms with E-state index in [1.807, 2.05) is 0 Å². The molecular weight excluding hydrogens is 433 g/mol. The Kier molecular flexibility index (Phi) is 4.31. The zero-order valence-electron chi connectivity index (χ0n) is 14.2. The van der Waals surface area contributed by atoms with Gasteiger partial charge in [0.2, 0.25) is 0 Å². The van der Waals surface area contributed by atoms with Gasteiger partial charge in [0.15, 0.2) is 0 Å². The molecule has 4 aromatic rings. The van der Waals surface area contributed by atoms with Gasteiger partial charge in [-0.3, -0.25) is 0 Å². The fraction of sp³-hybridized carbons (Fsp3) is 0. The van der Waals surface area contributed by atoms with Crippen LogP contribution in [-0.2, 0) is 0 Å². The summed E-state index contributed by atoms with van der Waals surface area (Å²) in [6.07, 6.45) is 0. The first kappa shape index (κ1) is 16.2. The SMILES string of the molecule is c1ccc2[c](c1)[Ge][c]1ccccc1-2.c1ccc2[c](c1)[Ge][c]1ccccc1-2. The summed E-state index contributed by atoms with van der Waals surface area (Å²) in [6, 6.07) is 35.2. The first-order valence-electron chi connectivity index (χ1n) is 8.81. The molecule has 4 radical (unpaired) electrons. The van der Waals surface area contributed by atoms with Crippen molar-refractivity contribution < 1.29 is 0 Å². The second-order valence-electron chi connectivity index (χ2n) is 6.43. The third kappa shape index (κ3) is 2.87. The second-order valence-corrected chi connectivity index (χ2v) is 12.0. The molecule has 0 saturated carbocycles. The van der Waals surface area contributed by atoms with E-state index in [-0.39, 0.29) is 30.9 Å². The molecule has 2 aliphatic heterocycles. The van der Waals surface area contributed by atoms with Gasteiger partial charge in [-0.1, -0.05) is 0 Å². The standard InChI is InChI=1S/2C12H8Ge/c2*1-3-7-11-9(5-1)10-6-2-4-8-12(10)13-11/h2*1-8H. The predicted octanol–water partition coefficient (Wildman–Crippen LogP) is 2.64. The Labute approximate surface area is 167 Å². The number of rotatable bonds is 0. The van der Waals surface area contributed by atoms with Crippen molar-refractivity contribution >= 4 is 48.4 Å². The molecule has 2 heterocycles. The van der Waals surface area contributed by atoms with E-state index in [4.69, 9.17) is 0 Å². The van der Waals surface area contributed by atoms with E-state index in [0.717, 1.165) is 0 Å². The molecule has 0 bridgehead atoms. The summed E-state index contributed by atoms with van der Waals surface area (Å²) < 4.78 is 6.35. The van der Waals surface area contributed by atoms with Gasteiger partial charge in [0, 0.05) is 0 Å². The number of hydrogen-bond acceptors (Lipinski definition) is 0. The Morgan fingerprint density at radius 3 is 0.808 bits per heavy atom. The Balaban J connectivity index is 0.000000115. The topological polar surface area (TPSA) is 0 Å². The van der Waals surface area contributed by atoms with Crippen molar-refractivity contribution in [1.29, 1.82) is 0 Å². The van der Waals surface area contributed by atoms with Crippen LogP contribution in [0.2, 0.25) is 0 Å². The average Bonchev–Trinajstić information content (AvgIpc) is 3.27. The van der Waals surface area contributed by atoms with Crippen molar-refractivity contribution in [3.63, 3.8) is 0 Å². The van der Waals surface area contributed by atoms with Gasteiger partial charge in [-0.25, -0.2) is 0 Å². The van der Waals surface area contributed by atoms with Gasteiger partial charge >= 0.3 is 168 Å². The van der Waals surface area contributed by atoms with E-state index in [1.54, 1.807) is 17.6 Å². The summed E-state index contributed by atoms with van der Waals surface area (Å²) in [5, 5.41) is 0. The third-order valence-electron chi connectivity index (χ3n) is 4.83. The van der Waals surface area contributed by atoms with E-state index < -0.39 is 0 Å². The molecule has 0 atom stereocenters. The van der Waals surface area contributed by atoms with Crippen molar-refractivity contribution in [2.24, 2.45) is 0 Å². The Hall–Kier alpha value is -2.03. The van der Waals surface area contributed by atoms with Gasteiger partial charge in [-0.15, -0.1) is 0 Å². The molecule has 2 aliphatic rings. The molecular formula is C24H16Ge2. The normalized spacial score (nSPS) is 12.3. The zero-order chi connectivity index (χ0) is 17.3. The zero-order valence-corrected chi connectivity index (χ0v) is 18.4. The second kappa shape index (κ2) is 6.94. The molecule has 0 nitrogen and oxygen atoms in total. The van der Waals surface area contributed by atoms with Crippen LogP contribution in [0.15, 0.2) is 97.1 Å². The van der Waals surface area contributed by atoms with Crippen LogP contribution >= 0.6 is 0 Å². The first-order chi connectivity index (χ1) is 12.9. The summed E-state index contributed by atoms with van der Waals surface area (Å²) in [7, 11) is 0. The first-order valence-corrected chi connectivity index (χ1v) is 13.0. The monoisotopic (exact) mass is 452 g/mol. The van der Waals surface area contributed by atoms with Crippen molar-refractivity contribution in [2.45, 2.75) is 0 Å². The molecule has 0 aromatic heterocycles. The molecule has 0 saturated heterocycles. The molecule has 4 aromatic carbocycles. The molecule has 0 spiro atoms. The van der Waals surface area contributed by atoms with Crippen LogP contribution < -0.4 is 17.6 Å². The van der Waals surface area contributed by atoms with Gasteiger partial charge in [0.1, 0.15) is 0 Å². The van der Waals surface area contributed by atoms with Crippen molar-refractivity contribution in [2.75, 3.05) is 0 Å². The summed E-state index contributed by atoms with van der Waals surface area (Å²) in [5.41, 5.74) is 5.88. The van der Waals surface area contributed by atoms with E-state index in [0.29, 0.717) is 0 Å². The Bertz CT molecular complexity index is 922. The molecule has 0 aliphatic carbocycles. The van der Waals surface area contributed by atoms with E-state index in [2.05, 4.69) is 97.1 Å². The Morgan fingerprint density at radius 2 is 0.538 bits per heavy atom. The van der Waals surface area contributed by atoms with Gasteiger partial charge in [-0.05, 0) is 0 Å². The molecule has 2 heteroatoms. The predicted molar refractivity (Wildman–Crippen MR) is 114 cm³/mol. The fourth-order valence-corrected chi connectivity index (χ4v) is 9.28.